The highest BCUT2D eigenvalue weighted by atomic mass is 35.5. The van der Waals surface area contributed by atoms with Crippen molar-refractivity contribution in [3.63, 3.8) is 0 Å². The molecule has 3 aromatic carbocycles. The fourth-order valence-corrected chi connectivity index (χ4v) is 4.45. The average Bonchev–Trinajstić information content (AvgIpc) is 2.76. The highest BCUT2D eigenvalue weighted by Gasteiger charge is 2.15. The Morgan fingerprint density at radius 1 is 0.906 bits per heavy atom. The van der Waals surface area contributed by atoms with Gasteiger partial charge in [-0.2, -0.15) is 0 Å². The van der Waals surface area contributed by atoms with Gasteiger partial charge in [-0.15, -0.1) is 0 Å². The number of hydrogen-bond acceptors (Lipinski definition) is 3. The van der Waals surface area contributed by atoms with Gasteiger partial charge in [0.1, 0.15) is 0 Å². The summed E-state index contributed by atoms with van der Waals surface area (Å²) >= 11 is 18.6. The van der Waals surface area contributed by atoms with E-state index in [1.807, 2.05) is 56.0 Å². The Labute approximate surface area is 202 Å². The first-order valence-corrected chi connectivity index (χ1v) is 11.5. The number of aromatic nitrogens is 1. The molecule has 0 radical (unpaired) electrons. The summed E-state index contributed by atoms with van der Waals surface area (Å²) in [6.45, 7) is 1.70. The van der Waals surface area contributed by atoms with Crippen LogP contribution in [0.25, 0.3) is 32.9 Å². The van der Waals surface area contributed by atoms with Crippen LogP contribution >= 0.6 is 34.8 Å². The standard InChI is InChI=1S/C25H24Cl3N3O/c1-30(2)10-4-9-29-21-12-16(15-5-7-19(27)20(28)11-15)13-23-24(21)25(32)18-14-17(26)6-8-22(18)31(23)3/h5-8,11-14,29H,4,9-10H2,1-3H3. The molecule has 32 heavy (non-hydrogen) atoms. The van der Waals surface area contributed by atoms with Crippen LogP contribution in [0.4, 0.5) is 5.69 Å². The van der Waals surface area contributed by atoms with Gasteiger partial charge in [-0.3, -0.25) is 4.79 Å². The van der Waals surface area contributed by atoms with Crippen LogP contribution in [0.3, 0.4) is 0 Å². The van der Waals surface area contributed by atoms with Crippen molar-refractivity contribution in [2.45, 2.75) is 6.42 Å². The molecule has 4 aromatic rings. The van der Waals surface area contributed by atoms with Crippen molar-refractivity contribution in [2.75, 3.05) is 32.5 Å². The number of fused-ring (bicyclic) bond motifs is 2. The van der Waals surface area contributed by atoms with E-state index in [0.29, 0.717) is 25.8 Å². The maximum absolute atomic E-state index is 13.5. The summed E-state index contributed by atoms with van der Waals surface area (Å²) in [5, 5.41) is 6.29. The van der Waals surface area contributed by atoms with Crippen molar-refractivity contribution in [3.8, 4) is 11.1 Å². The number of anilines is 1. The first kappa shape index (κ1) is 22.9. The number of halogens is 3. The number of rotatable bonds is 6. The molecule has 0 saturated carbocycles. The second kappa shape index (κ2) is 9.32. The monoisotopic (exact) mass is 487 g/mol. The van der Waals surface area contributed by atoms with Crippen LogP contribution in [-0.4, -0.2) is 36.7 Å². The lowest BCUT2D eigenvalue weighted by atomic mass is 10.00. The lowest BCUT2D eigenvalue weighted by Crippen LogP contribution is -2.17. The molecule has 0 aliphatic heterocycles. The summed E-state index contributed by atoms with van der Waals surface area (Å²) in [6, 6.07) is 15.0. The third-order valence-electron chi connectivity index (χ3n) is 5.62. The van der Waals surface area contributed by atoms with Crippen LogP contribution in [0.5, 0.6) is 0 Å². The molecule has 0 saturated heterocycles. The first-order chi connectivity index (χ1) is 15.3. The van der Waals surface area contributed by atoms with Crippen LogP contribution in [0.15, 0.2) is 53.3 Å². The quantitative estimate of drug-likeness (QED) is 0.243. The van der Waals surface area contributed by atoms with Gasteiger partial charge in [0.2, 0.25) is 0 Å². The maximum Gasteiger partial charge on any atom is 0.199 e. The molecular formula is C25H24Cl3N3O. The number of pyridine rings is 1. The molecule has 166 valence electrons. The zero-order valence-corrected chi connectivity index (χ0v) is 20.4. The molecule has 1 N–H and O–H groups in total. The Bertz CT molecular complexity index is 1380. The average molecular weight is 489 g/mol. The molecule has 4 rings (SSSR count). The van der Waals surface area contributed by atoms with Crippen molar-refractivity contribution in [1.82, 2.24) is 9.47 Å². The minimum atomic E-state index is -0.0357. The Morgan fingerprint density at radius 3 is 2.41 bits per heavy atom. The van der Waals surface area contributed by atoms with E-state index in [9.17, 15) is 4.79 Å². The second-order valence-corrected chi connectivity index (χ2v) is 9.43. The van der Waals surface area contributed by atoms with Crippen molar-refractivity contribution in [3.05, 3.63) is 73.8 Å². The fraction of sp³-hybridized carbons (Fsp3) is 0.240. The van der Waals surface area contributed by atoms with Crippen molar-refractivity contribution >= 4 is 62.3 Å². The highest BCUT2D eigenvalue weighted by molar-refractivity contribution is 6.42. The van der Waals surface area contributed by atoms with Crippen molar-refractivity contribution in [1.29, 1.82) is 0 Å². The van der Waals surface area contributed by atoms with E-state index in [4.69, 9.17) is 34.8 Å². The molecule has 1 aromatic heterocycles. The van der Waals surface area contributed by atoms with Crippen LogP contribution in [-0.2, 0) is 7.05 Å². The predicted octanol–water partition coefficient (Wildman–Crippen LogP) is 6.68. The molecule has 7 heteroatoms. The first-order valence-electron chi connectivity index (χ1n) is 10.4. The van der Waals surface area contributed by atoms with E-state index in [1.165, 1.54) is 0 Å². The number of benzene rings is 3. The summed E-state index contributed by atoms with van der Waals surface area (Å²) in [5.74, 6) is 0. The van der Waals surface area contributed by atoms with Gasteiger partial charge >= 0.3 is 0 Å². The van der Waals surface area contributed by atoms with E-state index in [2.05, 4.69) is 10.2 Å². The number of hydrogen-bond donors (Lipinski definition) is 1. The van der Waals surface area contributed by atoms with Crippen LogP contribution in [0.2, 0.25) is 15.1 Å². The lowest BCUT2D eigenvalue weighted by Gasteiger charge is -2.17. The van der Waals surface area contributed by atoms with Crippen LogP contribution in [0.1, 0.15) is 6.42 Å². The molecule has 0 spiro atoms. The third-order valence-corrected chi connectivity index (χ3v) is 6.60. The molecule has 0 bridgehead atoms. The van der Waals surface area contributed by atoms with Crippen molar-refractivity contribution in [2.24, 2.45) is 7.05 Å². The second-order valence-electron chi connectivity index (χ2n) is 8.18. The largest absolute Gasteiger partial charge is 0.384 e. The zero-order chi connectivity index (χ0) is 23.0. The Hall–Kier alpha value is -2.24. The van der Waals surface area contributed by atoms with Crippen LogP contribution in [0, 0.1) is 0 Å². The summed E-state index contributed by atoms with van der Waals surface area (Å²) in [5.41, 5.74) is 4.31. The van der Waals surface area contributed by atoms with Gasteiger partial charge in [0.05, 0.1) is 26.5 Å². The highest BCUT2D eigenvalue weighted by Crippen LogP contribution is 2.34. The summed E-state index contributed by atoms with van der Waals surface area (Å²) in [7, 11) is 6.06. The molecule has 0 aliphatic carbocycles. The SMILES string of the molecule is CN(C)CCCNc1cc(-c2ccc(Cl)c(Cl)c2)cc2c1c(=O)c1cc(Cl)ccc1n2C. The molecule has 0 atom stereocenters. The van der Waals surface area contributed by atoms with Gasteiger partial charge in [0, 0.05) is 29.7 Å². The Balaban J connectivity index is 1.96. The van der Waals surface area contributed by atoms with E-state index in [1.54, 1.807) is 18.2 Å². The smallest absolute Gasteiger partial charge is 0.199 e. The molecular weight excluding hydrogens is 465 g/mol. The van der Waals surface area contributed by atoms with Gasteiger partial charge in [0.15, 0.2) is 5.43 Å². The Morgan fingerprint density at radius 2 is 1.69 bits per heavy atom. The van der Waals surface area contributed by atoms with E-state index < -0.39 is 0 Å². The molecule has 4 nitrogen and oxygen atoms in total. The zero-order valence-electron chi connectivity index (χ0n) is 18.2. The van der Waals surface area contributed by atoms with Crippen molar-refractivity contribution < 1.29 is 0 Å². The summed E-state index contributed by atoms with van der Waals surface area (Å²) in [4.78, 5) is 15.7. The van der Waals surface area contributed by atoms with Gasteiger partial charge < -0.3 is 14.8 Å². The predicted molar refractivity (Wildman–Crippen MR) is 139 cm³/mol. The van der Waals surface area contributed by atoms with E-state index in [0.717, 1.165) is 47.4 Å². The molecule has 1 heterocycles. The van der Waals surface area contributed by atoms with Gasteiger partial charge in [-0.1, -0.05) is 40.9 Å². The molecule has 0 aliphatic rings. The minimum Gasteiger partial charge on any atom is -0.384 e. The molecule has 0 amide bonds. The van der Waals surface area contributed by atoms with Gasteiger partial charge in [-0.25, -0.2) is 0 Å². The number of nitrogens with zero attached hydrogens (tertiary/aromatic N) is 2. The van der Waals surface area contributed by atoms with Gasteiger partial charge in [-0.05, 0) is 80.7 Å². The molecule has 0 fully saturated rings. The van der Waals surface area contributed by atoms with Crippen LogP contribution < -0.4 is 10.7 Å². The lowest BCUT2D eigenvalue weighted by molar-refractivity contribution is 0.405. The number of nitrogens with one attached hydrogen (secondary N) is 1. The van der Waals surface area contributed by atoms with E-state index >= 15 is 0 Å². The maximum atomic E-state index is 13.5. The van der Waals surface area contributed by atoms with E-state index in [-0.39, 0.29) is 5.43 Å². The normalized spacial score (nSPS) is 11.6. The fourth-order valence-electron chi connectivity index (χ4n) is 3.98. The Kier molecular flexibility index (Phi) is 6.68. The summed E-state index contributed by atoms with van der Waals surface area (Å²) < 4.78 is 2.04. The topological polar surface area (TPSA) is 37.3 Å². The third kappa shape index (κ3) is 4.46. The van der Waals surface area contributed by atoms with Gasteiger partial charge in [0.25, 0.3) is 0 Å². The molecule has 0 unspecified atom stereocenters. The minimum absolute atomic E-state index is 0.0357. The number of aryl methyl sites for hydroxylation is 1. The summed E-state index contributed by atoms with van der Waals surface area (Å²) in [6.07, 6.45) is 0.950.